The van der Waals surface area contributed by atoms with Gasteiger partial charge in [0.2, 0.25) is 5.91 Å². The highest BCUT2D eigenvalue weighted by Crippen LogP contribution is 2.28. The molecule has 1 unspecified atom stereocenters. The summed E-state index contributed by atoms with van der Waals surface area (Å²) in [5.74, 6) is -0.693. The van der Waals surface area contributed by atoms with Crippen LogP contribution in [0.15, 0.2) is 33.8 Å². The number of nitrogens with one attached hydrogen (secondary N) is 1. The third-order valence-electron chi connectivity index (χ3n) is 3.70. The lowest BCUT2D eigenvalue weighted by atomic mass is 10.2. The van der Waals surface area contributed by atoms with Gasteiger partial charge in [0.1, 0.15) is 11.8 Å². The summed E-state index contributed by atoms with van der Waals surface area (Å²) in [6.45, 7) is 5.00. The average Bonchev–Trinajstić information content (AvgIpc) is 2.88. The normalized spacial score (nSPS) is 12.8. The Balaban J connectivity index is 2.29. The molecule has 1 aromatic carbocycles. The first kappa shape index (κ1) is 18.5. The van der Waals surface area contributed by atoms with Crippen molar-refractivity contribution in [2.24, 2.45) is 0 Å². The molecule has 1 aromatic heterocycles. The van der Waals surface area contributed by atoms with E-state index in [2.05, 4.69) is 26.3 Å². The second-order valence-electron chi connectivity index (χ2n) is 5.27. The van der Waals surface area contributed by atoms with Crippen molar-refractivity contribution in [2.75, 3.05) is 11.1 Å². The number of aromatic nitrogens is 2. The summed E-state index contributed by atoms with van der Waals surface area (Å²) in [6, 6.07) is 3.17. The van der Waals surface area contributed by atoms with E-state index in [4.69, 9.17) is 0 Å². The first-order valence-corrected chi connectivity index (χ1v) is 9.68. The monoisotopic (exact) mass is 415 g/mol. The van der Waals surface area contributed by atoms with Crippen LogP contribution in [0.25, 0.3) is 0 Å². The lowest BCUT2D eigenvalue weighted by Crippen LogP contribution is -2.25. The summed E-state index contributed by atoms with van der Waals surface area (Å²) >= 11 is 3.33. The predicted octanol–water partition coefficient (Wildman–Crippen LogP) is 2.65. The van der Waals surface area contributed by atoms with E-state index in [-0.39, 0.29) is 22.1 Å². The van der Waals surface area contributed by atoms with E-state index in [1.54, 1.807) is 13.1 Å². The molecule has 2 aromatic rings. The number of amides is 1. The molecule has 1 atom stereocenters. The van der Waals surface area contributed by atoms with E-state index in [1.165, 1.54) is 29.8 Å². The molecule has 0 aliphatic rings. The topological polar surface area (TPSA) is 101 Å². The van der Waals surface area contributed by atoms with E-state index in [1.807, 2.05) is 6.92 Å². The van der Waals surface area contributed by atoms with Crippen LogP contribution in [0.1, 0.15) is 25.6 Å². The molecule has 24 heavy (non-hydrogen) atoms. The number of hydrogen-bond donors (Lipinski definition) is 2. The zero-order valence-corrected chi connectivity index (χ0v) is 15.8. The van der Waals surface area contributed by atoms with Crippen LogP contribution in [-0.2, 0) is 14.6 Å². The molecular formula is C15H18BrN3O4S. The molecule has 0 aliphatic heterocycles. The van der Waals surface area contributed by atoms with Crippen LogP contribution in [0, 0.1) is 6.92 Å². The molecular weight excluding hydrogens is 398 g/mol. The Kier molecular flexibility index (Phi) is 5.34. The second kappa shape index (κ2) is 6.94. The minimum Gasteiger partial charge on any atom is -0.506 e. The van der Waals surface area contributed by atoms with Gasteiger partial charge in [-0.3, -0.25) is 9.48 Å². The van der Waals surface area contributed by atoms with Gasteiger partial charge in [-0.05, 0) is 48.0 Å². The van der Waals surface area contributed by atoms with E-state index in [0.717, 1.165) is 10.2 Å². The van der Waals surface area contributed by atoms with Crippen molar-refractivity contribution in [3.63, 3.8) is 0 Å². The first-order chi connectivity index (χ1) is 11.2. The SMILES string of the molecule is CCS(=O)(=O)c1ccc(O)c(NC(=O)C(C)n2ncc(Br)c2C)c1. The Labute approximate surface area is 148 Å². The van der Waals surface area contributed by atoms with Crippen molar-refractivity contribution in [1.82, 2.24) is 9.78 Å². The maximum atomic E-state index is 12.4. The average molecular weight is 416 g/mol. The molecule has 0 spiro atoms. The van der Waals surface area contributed by atoms with Crippen LogP contribution < -0.4 is 5.32 Å². The van der Waals surface area contributed by atoms with Crippen molar-refractivity contribution in [2.45, 2.75) is 31.7 Å². The molecule has 1 amide bonds. The predicted molar refractivity (Wildman–Crippen MR) is 93.8 cm³/mol. The lowest BCUT2D eigenvalue weighted by Gasteiger charge is -2.16. The number of phenolic OH excluding ortho intramolecular Hbond substituents is 1. The first-order valence-electron chi connectivity index (χ1n) is 7.23. The molecule has 7 nitrogen and oxygen atoms in total. The summed E-state index contributed by atoms with van der Waals surface area (Å²) in [5, 5.41) is 16.6. The number of carbonyl (C=O) groups is 1. The number of benzene rings is 1. The van der Waals surface area contributed by atoms with Crippen molar-refractivity contribution in [3.05, 3.63) is 34.6 Å². The Morgan fingerprint density at radius 3 is 2.67 bits per heavy atom. The number of carbonyl (C=O) groups excluding carboxylic acids is 1. The molecule has 1 heterocycles. The zero-order valence-electron chi connectivity index (χ0n) is 13.4. The quantitative estimate of drug-likeness (QED) is 0.730. The number of aromatic hydroxyl groups is 1. The molecule has 0 bridgehead atoms. The van der Waals surface area contributed by atoms with Crippen LogP contribution in [0.5, 0.6) is 5.75 Å². The van der Waals surface area contributed by atoms with Crippen LogP contribution in [-0.4, -0.2) is 35.0 Å². The highest BCUT2D eigenvalue weighted by atomic mass is 79.9. The molecule has 9 heteroatoms. The number of hydrogen-bond acceptors (Lipinski definition) is 5. The second-order valence-corrected chi connectivity index (χ2v) is 8.40. The summed E-state index contributed by atoms with van der Waals surface area (Å²) < 4.78 is 26.2. The van der Waals surface area contributed by atoms with Gasteiger partial charge in [-0.15, -0.1) is 0 Å². The standard InChI is InChI=1S/C15H18BrN3O4S/c1-4-24(22,23)11-5-6-14(20)13(7-11)18-15(21)10(3)19-9(2)12(16)8-17-19/h5-8,10,20H,4H2,1-3H3,(H,18,21). The summed E-state index contributed by atoms with van der Waals surface area (Å²) in [4.78, 5) is 12.5. The Hall–Kier alpha value is -1.87. The fourth-order valence-electron chi connectivity index (χ4n) is 2.12. The molecule has 0 fully saturated rings. The molecule has 0 saturated carbocycles. The van der Waals surface area contributed by atoms with Gasteiger partial charge in [0.25, 0.3) is 0 Å². The van der Waals surface area contributed by atoms with Gasteiger partial charge in [0.15, 0.2) is 9.84 Å². The number of phenols is 1. The fraction of sp³-hybridized carbons (Fsp3) is 0.333. The van der Waals surface area contributed by atoms with E-state index >= 15 is 0 Å². The molecule has 0 saturated heterocycles. The van der Waals surface area contributed by atoms with E-state index in [0.29, 0.717) is 0 Å². The van der Waals surface area contributed by atoms with Gasteiger partial charge in [-0.25, -0.2) is 8.42 Å². The highest BCUT2D eigenvalue weighted by molar-refractivity contribution is 9.10. The van der Waals surface area contributed by atoms with Crippen molar-refractivity contribution in [3.8, 4) is 5.75 Å². The Morgan fingerprint density at radius 1 is 1.46 bits per heavy atom. The molecule has 0 aliphatic carbocycles. The molecule has 130 valence electrons. The van der Waals surface area contributed by atoms with Crippen LogP contribution in [0.4, 0.5) is 5.69 Å². The van der Waals surface area contributed by atoms with Gasteiger partial charge >= 0.3 is 0 Å². The summed E-state index contributed by atoms with van der Waals surface area (Å²) in [5.41, 5.74) is 0.828. The van der Waals surface area contributed by atoms with Crippen molar-refractivity contribution < 1.29 is 18.3 Å². The van der Waals surface area contributed by atoms with Crippen LogP contribution >= 0.6 is 15.9 Å². The minimum absolute atomic E-state index is 0.0452. The van der Waals surface area contributed by atoms with Gasteiger partial charge in [0.05, 0.1) is 32.7 Å². The number of halogens is 1. The van der Waals surface area contributed by atoms with Crippen LogP contribution in [0.3, 0.4) is 0 Å². The van der Waals surface area contributed by atoms with Crippen LogP contribution in [0.2, 0.25) is 0 Å². The largest absolute Gasteiger partial charge is 0.506 e. The van der Waals surface area contributed by atoms with Gasteiger partial charge in [-0.2, -0.15) is 5.10 Å². The van der Waals surface area contributed by atoms with Gasteiger partial charge < -0.3 is 10.4 Å². The van der Waals surface area contributed by atoms with Crippen molar-refractivity contribution in [1.29, 1.82) is 0 Å². The lowest BCUT2D eigenvalue weighted by molar-refractivity contribution is -0.119. The fourth-order valence-corrected chi connectivity index (χ4v) is 3.30. The summed E-state index contributed by atoms with van der Waals surface area (Å²) in [7, 11) is -3.44. The number of anilines is 1. The zero-order chi connectivity index (χ0) is 18.1. The number of nitrogens with zero attached hydrogens (tertiary/aromatic N) is 2. The highest BCUT2D eigenvalue weighted by Gasteiger charge is 2.21. The third kappa shape index (κ3) is 3.62. The molecule has 2 N–H and O–H groups in total. The van der Waals surface area contributed by atoms with Gasteiger partial charge in [0, 0.05) is 0 Å². The maximum absolute atomic E-state index is 12.4. The van der Waals surface area contributed by atoms with E-state index in [9.17, 15) is 18.3 Å². The van der Waals surface area contributed by atoms with Gasteiger partial charge in [-0.1, -0.05) is 6.92 Å². The number of sulfone groups is 1. The third-order valence-corrected chi connectivity index (χ3v) is 6.21. The maximum Gasteiger partial charge on any atom is 0.249 e. The summed E-state index contributed by atoms with van der Waals surface area (Å²) in [6.07, 6.45) is 1.59. The smallest absolute Gasteiger partial charge is 0.249 e. The molecule has 0 radical (unpaired) electrons. The van der Waals surface area contributed by atoms with Crippen molar-refractivity contribution >= 4 is 37.4 Å². The Bertz CT molecular complexity index is 877. The number of rotatable bonds is 5. The Morgan fingerprint density at radius 2 is 2.12 bits per heavy atom. The molecule has 2 rings (SSSR count). The van der Waals surface area contributed by atoms with E-state index < -0.39 is 21.8 Å². The minimum atomic E-state index is -3.44.